The molecule has 0 spiro atoms. The molecule has 0 radical (unpaired) electrons. The molecular weight excluding hydrogens is 283 g/mol. The maximum atomic E-state index is 11.8. The standard InChI is InChI=1S/C14H12Cl2N2O/c15-11-6-4-10(5-7-11)8-9-17-14(19)12-2-1-3-13(16)18-12/h1-7H,8-9H2,(H,17,19). The monoisotopic (exact) mass is 294 g/mol. The number of nitrogens with zero attached hydrogens (tertiary/aromatic N) is 1. The van der Waals surface area contributed by atoms with Crippen LogP contribution in [-0.2, 0) is 6.42 Å². The summed E-state index contributed by atoms with van der Waals surface area (Å²) < 4.78 is 0. The van der Waals surface area contributed by atoms with E-state index >= 15 is 0 Å². The maximum Gasteiger partial charge on any atom is 0.269 e. The average Bonchev–Trinajstić information content (AvgIpc) is 2.41. The summed E-state index contributed by atoms with van der Waals surface area (Å²) in [5.41, 5.74) is 1.44. The average molecular weight is 295 g/mol. The fraction of sp³-hybridized carbons (Fsp3) is 0.143. The molecule has 0 aliphatic rings. The predicted octanol–water partition coefficient (Wildman–Crippen LogP) is 3.36. The van der Waals surface area contributed by atoms with Crippen molar-refractivity contribution in [3.05, 3.63) is 63.9 Å². The van der Waals surface area contributed by atoms with Crippen molar-refractivity contribution in [2.24, 2.45) is 0 Å². The van der Waals surface area contributed by atoms with Crippen LogP contribution >= 0.6 is 23.2 Å². The Morgan fingerprint density at radius 3 is 2.53 bits per heavy atom. The minimum absolute atomic E-state index is 0.225. The van der Waals surface area contributed by atoms with Gasteiger partial charge >= 0.3 is 0 Å². The zero-order valence-corrected chi connectivity index (χ0v) is 11.6. The van der Waals surface area contributed by atoms with E-state index < -0.39 is 0 Å². The van der Waals surface area contributed by atoms with Crippen LogP contribution in [0.2, 0.25) is 10.2 Å². The molecule has 0 bridgehead atoms. The quantitative estimate of drug-likeness (QED) is 0.879. The molecule has 3 nitrogen and oxygen atoms in total. The Labute approximate surface area is 121 Å². The van der Waals surface area contributed by atoms with Crippen LogP contribution in [0.3, 0.4) is 0 Å². The third-order valence-corrected chi connectivity index (χ3v) is 3.02. The van der Waals surface area contributed by atoms with Gasteiger partial charge in [0.15, 0.2) is 0 Å². The third-order valence-electron chi connectivity index (χ3n) is 2.56. The number of aromatic nitrogens is 1. The van der Waals surface area contributed by atoms with E-state index in [1.165, 1.54) is 0 Å². The van der Waals surface area contributed by atoms with Crippen molar-refractivity contribution in [2.75, 3.05) is 6.54 Å². The molecule has 2 aromatic rings. The molecule has 1 heterocycles. The van der Waals surface area contributed by atoms with Crippen molar-refractivity contribution in [1.29, 1.82) is 0 Å². The SMILES string of the molecule is O=C(NCCc1ccc(Cl)cc1)c1cccc(Cl)n1. The lowest BCUT2D eigenvalue weighted by Crippen LogP contribution is -2.26. The van der Waals surface area contributed by atoms with Crippen molar-refractivity contribution in [3.63, 3.8) is 0 Å². The van der Waals surface area contributed by atoms with E-state index in [1.54, 1.807) is 18.2 Å². The Hall–Kier alpha value is -1.58. The van der Waals surface area contributed by atoms with Gasteiger partial charge < -0.3 is 5.32 Å². The van der Waals surface area contributed by atoms with E-state index in [-0.39, 0.29) is 5.91 Å². The van der Waals surface area contributed by atoms with Crippen LogP contribution in [-0.4, -0.2) is 17.4 Å². The molecule has 1 aromatic heterocycles. The lowest BCUT2D eigenvalue weighted by atomic mass is 10.1. The van der Waals surface area contributed by atoms with Gasteiger partial charge in [0.2, 0.25) is 0 Å². The fourth-order valence-corrected chi connectivity index (χ4v) is 1.89. The Balaban J connectivity index is 1.86. The van der Waals surface area contributed by atoms with Crippen LogP contribution in [0.25, 0.3) is 0 Å². The van der Waals surface area contributed by atoms with Crippen LogP contribution in [0, 0.1) is 0 Å². The second-order valence-electron chi connectivity index (χ2n) is 3.98. The van der Waals surface area contributed by atoms with E-state index in [2.05, 4.69) is 10.3 Å². The first-order chi connectivity index (χ1) is 9.15. The van der Waals surface area contributed by atoms with Crippen LogP contribution in [0.4, 0.5) is 0 Å². The normalized spacial score (nSPS) is 10.2. The number of halogens is 2. The predicted molar refractivity (Wildman–Crippen MR) is 76.7 cm³/mol. The molecule has 0 aliphatic carbocycles. The molecule has 1 aromatic carbocycles. The van der Waals surface area contributed by atoms with Crippen LogP contribution in [0.15, 0.2) is 42.5 Å². The molecule has 19 heavy (non-hydrogen) atoms. The molecule has 0 saturated carbocycles. The fourth-order valence-electron chi connectivity index (χ4n) is 1.60. The van der Waals surface area contributed by atoms with E-state index in [1.807, 2.05) is 24.3 Å². The number of hydrogen-bond donors (Lipinski definition) is 1. The first-order valence-corrected chi connectivity index (χ1v) is 6.56. The van der Waals surface area contributed by atoms with Crippen LogP contribution < -0.4 is 5.32 Å². The van der Waals surface area contributed by atoms with Gasteiger partial charge in [-0.2, -0.15) is 0 Å². The number of carbonyl (C=O) groups excluding carboxylic acids is 1. The van der Waals surface area contributed by atoms with E-state index in [9.17, 15) is 4.79 Å². The number of pyridine rings is 1. The summed E-state index contributed by atoms with van der Waals surface area (Å²) >= 11 is 11.5. The molecule has 0 fully saturated rings. The Bertz CT molecular complexity index is 570. The zero-order valence-electron chi connectivity index (χ0n) is 10.1. The smallest absolute Gasteiger partial charge is 0.269 e. The van der Waals surface area contributed by atoms with Gasteiger partial charge in [0.05, 0.1) is 0 Å². The number of hydrogen-bond acceptors (Lipinski definition) is 2. The van der Waals surface area contributed by atoms with Gasteiger partial charge in [0.25, 0.3) is 5.91 Å². The number of carbonyl (C=O) groups is 1. The van der Waals surface area contributed by atoms with Gasteiger partial charge in [0.1, 0.15) is 10.8 Å². The van der Waals surface area contributed by atoms with Gasteiger partial charge in [-0.15, -0.1) is 0 Å². The number of rotatable bonds is 4. The lowest BCUT2D eigenvalue weighted by Gasteiger charge is -2.05. The largest absolute Gasteiger partial charge is 0.350 e. The van der Waals surface area contributed by atoms with E-state index in [0.717, 1.165) is 12.0 Å². The summed E-state index contributed by atoms with van der Waals surface area (Å²) in [7, 11) is 0. The van der Waals surface area contributed by atoms with E-state index in [4.69, 9.17) is 23.2 Å². The van der Waals surface area contributed by atoms with Crippen molar-refractivity contribution in [2.45, 2.75) is 6.42 Å². The molecule has 1 amide bonds. The lowest BCUT2D eigenvalue weighted by molar-refractivity contribution is 0.0949. The van der Waals surface area contributed by atoms with Crippen LogP contribution in [0.5, 0.6) is 0 Å². The first kappa shape index (κ1) is 13.8. The summed E-state index contributed by atoms with van der Waals surface area (Å²) in [6.45, 7) is 0.536. The molecule has 0 aliphatic heterocycles. The summed E-state index contributed by atoms with van der Waals surface area (Å²) in [5, 5.41) is 3.81. The highest BCUT2D eigenvalue weighted by atomic mass is 35.5. The van der Waals surface area contributed by atoms with Gasteiger partial charge in [-0.1, -0.05) is 41.4 Å². The molecule has 0 saturated heterocycles. The Morgan fingerprint density at radius 2 is 1.84 bits per heavy atom. The Kier molecular flexibility index (Phi) is 4.77. The molecule has 0 unspecified atom stereocenters. The summed E-state index contributed by atoms with van der Waals surface area (Å²) in [5.74, 6) is -0.225. The van der Waals surface area contributed by atoms with Gasteiger partial charge in [0, 0.05) is 11.6 Å². The van der Waals surface area contributed by atoms with Crippen LogP contribution in [0.1, 0.15) is 16.1 Å². The highest BCUT2D eigenvalue weighted by molar-refractivity contribution is 6.30. The Morgan fingerprint density at radius 1 is 1.11 bits per heavy atom. The van der Waals surface area contributed by atoms with Gasteiger partial charge in [-0.3, -0.25) is 4.79 Å². The van der Waals surface area contributed by atoms with Gasteiger partial charge in [-0.05, 0) is 36.2 Å². The number of benzene rings is 1. The summed E-state index contributed by atoms with van der Waals surface area (Å²) in [6.07, 6.45) is 0.740. The summed E-state index contributed by atoms with van der Waals surface area (Å²) in [4.78, 5) is 15.7. The van der Waals surface area contributed by atoms with Crippen molar-refractivity contribution >= 4 is 29.1 Å². The van der Waals surface area contributed by atoms with Crippen molar-refractivity contribution in [3.8, 4) is 0 Å². The highest BCUT2D eigenvalue weighted by Crippen LogP contribution is 2.09. The van der Waals surface area contributed by atoms with Gasteiger partial charge in [-0.25, -0.2) is 4.98 Å². The third kappa shape index (κ3) is 4.23. The molecule has 5 heteroatoms. The van der Waals surface area contributed by atoms with Crippen molar-refractivity contribution in [1.82, 2.24) is 10.3 Å². The zero-order chi connectivity index (χ0) is 13.7. The molecule has 0 atom stereocenters. The molecule has 1 N–H and O–H groups in total. The maximum absolute atomic E-state index is 11.8. The number of amides is 1. The molecular formula is C14H12Cl2N2O. The van der Waals surface area contributed by atoms with E-state index in [0.29, 0.717) is 22.4 Å². The molecule has 98 valence electrons. The minimum atomic E-state index is -0.225. The number of nitrogens with one attached hydrogen (secondary N) is 1. The second kappa shape index (κ2) is 6.55. The second-order valence-corrected chi connectivity index (χ2v) is 4.80. The molecule has 2 rings (SSSR count). The topological polar surface area (TPSA) is 42.0 Å². The minimum Gasteiger partial charge on any atom is -0.350 e. The highest BCUT2D eigenvalue weighted by Gasteiger charge is 2.06. The summed E-state index contributed by atoms with van der Waals surface area (Å²) in [6, 6.07) is 12.5. The van der Waals surface area contributed by atoms with Crippen molar-refractivity contribution < 1.29 is 4.79 Å². The first-order valence-electron chi connectivity index (χ1n) is 5.80.